The third-order valence-electron chi connectivity index (χ3n) is 9.30. The highest BCUT2D eigenvalue weighted by Gasteiger charge is 2.60. The second kappa shape index (κ2) is 7.35. The van der Waals surface area contributed by atoms with Gasteiger partial charge in [-0.3, -0.25) is 4.79 Å². The third-order valence-corrected chi connectivity index (χ3v) is 9.30. The van der Waals surface area contributed by atoms with Crippen LogP contribution in [-0.2, 0) is 9.59 Å². The normalized spacial score (nSPS) is 43.2. The van der Waals surface area contributed by atoms with Crippen LogP contribution in [0, 0.1) is 34.5 Å². The van der Waals surface area contributed by atoms with Crippen molar-refractivity contribution in [3.8, 4) is 0 Å². The largest absolute Gasteiger partial charge is 0.476 e. The minimum Gasteiger partial charge on any atom is -0.476 e. The summed E-state index contributed by atoms with van der Waals surface area (Å²) in [4.78, 5) is 23.6. The Hall–Kier alpha value is -1.45. The van der Waals surface area contributed by atoms with Crippen LogP contribution in [-0.4, -0.2) is 16.9 Å². The van der Waals surface area contributed by atoms with Gasteiger partial charge >= 0.3 is 5.97 Å². The van der Waals surface area contributed by atoms with E-state index in [1.54, 1.807) is 0 Å². The van der Waals surface area contributed by atoms with Crippen LogP contribution in [0.15, 0.2) is 23.0 Å². The number of fused-ring (bicyclic) bond motifs is 5. The highest BCUT2D eigenvalue weighted by Crippen LogP contribution is 2.68. The molecule has 29 heavy (non-hydrogen) atoms. The summed E-state index contributed by atoms with van der Waals surface area (Å²) in [5.74, 6) is -0.0956. The van der Waals surface area contributed by atoms with Crippen LogP contribution in [0.3, 0.4) is 0 Å². The van der Waals surface area contributed by atoms with Gasteiger partial charge in [-0.2, -0.15) is 4.39 Å². The van der Waals surface area contributed by atoms with Crippen LogP contribution < -0.4 is 0 Å². The molecule has 0 unspecified atom stereocenters. The van der Waals surface area contributed by atoms with E-state index >= 15 is 0 Å². The molecule has 6 atom stereocenters. The van der Waals surface area contributed by atoms with Crippen molar-refractivity contribution < 1.29 is 19.1 Å². The van der Waals surface area contributed by atoms with E-state index in [1.807, 2.05) is 6.08 Å². The van der Waals surface area contributed by atoms with Gasteiger partial charge in [-0.15, -0.1) is 0 Å². The summed E-state index contributed by atoms with van der Waals surface area (Å²) in [6, 6.07) is 0. The van der Waals surface area contributed by atoms with Gasteiger partial charge in [-0.25, -0.2) is 4.79 Å². The molecular formula is C25H35FO3. The zero-order valence-electron chi connectivity index (χ0n) is 18.1. The summed E-state index contributed by atoms with van der Waals surface area (Å²) >= 11 is 0. The molecule has 0 saturated heterocycles. The van der Waals surface area contributed by atoms with E-state index in [0.717, 1.165) is 44.9 Å². The molecule has 0 spiro atoms. The lowest BCUT2D eigenvalue weighted by Crippen LogP contribution is -2.53. The summed E-state index contributed by atoms with van der Waals surface area (Å²) in [6.07, 6.45) is 11.4. The van der Waals surface area contributed by atoms with Gasteiger partial charge in [0.05, 0.1) is 0 Å². The number of rotatable bonds is 4. The molecule has 3 nitrogen and oxygen atoms in total. The number of unbranched alkanes of at least 4 members (excludes halogenated alkanes) is 1. The average molecular weight is 403 g/mol. The Bertz CT molecular complexity index is 781. The van der Waals surface area contributed by atoms with Crippen molar-refractivity contribution in [2.75, 3.05) is 0 Å². The fourth-order valence-electron chi connectivity index (χ4n) is 7.77. The molecule has 0 amide bonds. The Kier molecular flexibility index (Phi) is 5.28. The summed E-state index contributed by atoms with van der Waals surface area (Å²) in [5.41, 5.74) is 1.69. The molecule has 0 aromatic rings. The van der Waals surface area contributed by atoms with Gasteiger partial charge in [0.2, 0.25) is 5.83 Å². The number of hydrogen-bond donors (Lipinski definition) is 1. The van der Waals surface area contributed by atoms with E-state index in [1.165, 1.54) is 12.0 Å². The van der Waals surface area contributed by atoms with Crippen LogP contribution in [0.5, 0.6) is 0 Å². The SMILES string of the molecule is CCCC[C@@H]1CC2=CC(=O)CC[C@]2(C)[C@H]2CC[C@]3(C)C(=C(F)C(=O)O)CC[C@H]3[C@H]12. The molecule has 4 heteroatoms. The van der Waals surface area contributed by atoms with Crippen LogP contribution in [0.2, 0.25) is 0 Å². The molecule has 4 aliphatic carbocycles. The topological polar surface area (TPSA) is 54.4 Å². The number of ketones is 1. The predicted molar refractivity (Wildman–Crippen MR) is 111 cm³/mol. The number of hydrogen-bond acceptors (Lipinski definition) is 2. The minimum atomic E-state index is -1.40. The first kappa shape index (κ1) is 20.8. The molecule has 0 heterocycles. The lowest BCUT2D eigenvalue weighted by molar-refractivity contribution is -0.134. The summed E-state index contributed by atoms with van der Waals surface area (Å²) < 4.78 is 14.6. The Labute approximate surface area is 173 Å². The second-order valence-electron chi connectivity index (χ2n) is 10.5. The molecule has 1 N–H and O–H groups in total. The highest BCUT2D eigenvalue weighted by molar-refractivity contribution is 5.91. The van der Waals surface area contributed by atoms with Crippen molar-refractivity contribution >= 4 is 11.8 Å². The van der Waals surface area contributed by atoms with Gasteiger partial charge in [0, 0.05) is 6.42 Å². The second-order valence-corrected chi connectivity index (χ2v) is 10.5. The number of aliphatic carboxylic acids is 1. The molecule has 4 rings (SSSR count). The maximum atomic E-state index is 14.6. The van der Waals surface area contributed by atoms with Crippen LogP contribution in [0.4, 0.5) is 4.39 Å². The molecule has 0 aromatic heterocycles. The monoisotopic (exact) mass is 402 g/mol. The van der Waals surface area contributed by atoms with Gasteiger partial charge in [0.1, 0.15) is 0 Å². The van der Waals surface area contributed by atoms with Crippen molar-refractivity contribution in [1.29, 1.82) is 0 Å². The van der Waals surface area contributed by atoms with Crippen molar-refractivity contribution in [2.45, 2.75) is 85.0 Å². The Balaban J connectivity index is 1.75. The van der Waals surface area contributed by atoms with E-state index in [0.29, 0.717) is 42.1 Å². The molecule has 4 aliphatic rings. The zero-order valence-corrected chi connectivity index (χ0v) is 18.1. The van der Waals surface area contributed by atoms with E-state index in [4.69, 9.17) is 0 Å². The molecule has 0 bridgehead atoms. The molecule has 3 saturated carbocycles. The lowest BCUT2D eigenvalue weighted by Gasteiger charge is -2.60. The van der Waals surface area contributed by atoms with E-state index in [9.17, 15) is 19.1 Å². The molecule has 3 fully saturated rings. The minimum absolute atomic E-state index is 0.0838. The molecule has 0 aromatic carbocycles. The fraction of sp³-hybridized carbons (Fsp3) is 0.760. The predicted octanol–water partition coefficient (Wildman–Crippen LogP) is 6.24. The number of carboxylic acids is 1. The Morgan fingerprint density at radius 2 is 1.90 bits per heavy atom. The molecular weight excluding hydrogens is 367 g/mol. The quantitative estimate of drug-likeness (QED) is 0.566. The van der Waals surface area contributed by atoms with Crippen molar-refractivity contribution in [3.63, 3.8) is 0 Å². The average Bonchev–Trinajstić information content (AvgIpc) is 3.03. The Morgan fingerprint density at radius 3 is 2.59 bits per heavy atom. The molecule has 0 aliphatic heterocycles. The van der Waals surface area contributed by atoms with Crippen molar-refractivity contribution in [1.82, 2.24) is 0 Å². The number of allylic oxidation sites excluding steroid dienone is 2. The standard InChI is InChI=1S/C25H35FO3/c1-4-5-6-15-13-16-14-17(27)9-11-24(16,2)19-10-12-25(3)18(21(15)19)7-8-20(25)22(26)23(28)29/h14-15,18-19,21H,4-13H2,1-3H3,(H,28,29)/t15-,18+,19+,21+,24+,25+/m1/s1. The number of halogens is 1. The zero-order chi connectivity index (χ0) is 21.0. The first-order chi connectivity index (χ1) is 13.7. The fourth-order valence-corrected chi connectivity index (χ4v) is 7.77. The number of carbonyl (C=O) groups excluding carboxylic acids is 1. The van der Waals surface area contributed by atoms with Gasteiger partial charge in [-0.05, 0) is 91.1 Å². The van der Waals surface area contributed by atoms with Gasteiger partial charge in [-0.1, -0.05) is 39.2 Å². The van der Waals surface area contributed by atoms with E-state index in [-0.39, 0.29) is 16.6 Å². The molecule has 160 valence electrons. The smallest absolute Gasteiger partial charge is 0.364 e. The molecule has 0 radical (unpaired) electrons. The van der Waals surface area contributed by atoms with E-state index in [2.05, 4.69) is 20.8 Å². The summed E-state index contributed by atoms with van der Waals surface area (Å²) in [7, 11) is 0. The first-order valence-electron chi connectivity index (χ1n) is 11.6. The van der Waals surface area contributed by atoms with E-state index < -0.39 is 11.8 Å². The van der Waals surface area contributed by atoms with Crippen molar-refractivity contribution in [2.24, 2.45) is 34.5 Å². The van der Waals surface area contributed by atoms with Crippen LogP contribution >= 0.6 is 0 Å². The van der Waals surface area contributed by atoms with Gasteiger partial charge in [0.25, 0.3) is 0 Å². The third kappa shape index (κ3) is 3.13. The van der Waals surface area contributed by atoms with Crippen molar-refractivity contribution in [3.05, 3.63) is 23.0 Å². The van der Waals surface area contributed by atoms with Gasteiger partial charge in [0.15, 0.2) is 5.78 Å². The highest BCUT2D eigenvalue weighted by atomic mass is 19.1. The van der Waals surface area contributed by atoms with Crippen LogP contribution in [0.25, 0.3) is 0 Å². The summed E-state index contributed by atoms with van der Waals surface area (Å²) in [5, 5.41) is 9.30. The first-order valence-corrected chi connectivity index (χ1v) is 11.6. The number of carbonyl (C=O) groups is 2. The lowest BCUT2D eigenvalue weighted by atomic mass is 9.44. The maximum Gasteiger partial charge on any atom is 0.364 e. The Morgan fingerprint density at radius 1 is 1.17 bits per heavy atom. The van der Waals surface area contributed by atoms with Crippen LogP contribution in [0.1, 0.15) is 85.0 Å². The number of carboxylic acid groups (broad SMARTS) is 1. The van der Waals surface area contributed by atoms with Gasteiger partial charge < -0.3 is 5.11 Å². The summed E-state index contributed by atoms with van der Waals surface area (Å²) in [6.45, 7) is 6.72. The maximum absolute atomic E-state index is 14.6.